The van der Waals surface area contributed by atoms with Crippen LogP contribution in [0.15, 0.2) is 48.5 Å². The van der Waals surface area contributed by atoms with E-state index in [0.29, 0.717) is 12.8 Å². The number of hydrogen-bond acceptors (Lipinski definition) is 1. The number of halogens is 4. The summed E-state index contributed by atoms with van der Waals surface area (Å²) in [5, 5.41) is 4.61. The summed E-state index contributed by atoms with van der Waals surface area (Å²) in [5.41, 5.74) is 1.76. The minimum Gasteiger partial charge on any atom is -0.285 e. The fraction of sp³-hybridized carbons (Fsp3) is 0.250. The third-order valence-electron chi connectivity index (χ3n) is 3.02. The van der Waals surface area contributed by atoms with Gasteiger partial charge in [-0.15, -0.1) is 23.2 Å². The van der Waals surface area contributed by atoms with Gasteiger partial charge in [0.05, 0.1) is 11.0 Å². The Morgan fingerprint density at radius 2 is 1.00 bits per heavy atom. The molecule has 0 aromatic heterocycles. The van der Waals surface area contributed by atoms with Crippen molar-refractivity contribution in [3.63, 3.8) is 0 Å². The molecular formula is C16H15Cl4N. The summed E-state index contributed by atoms with van der Waals surface area (Å²) in [4.78, 5) is 0. The van der Waals surface area contributed by atoms with Crippen molar-refractivity contribution < 1.29 is 0 Å². The Morgan fingerprint density at radius 3 is 1.33 bits per heavy atom. The standard InChI is InChI=1S/C16H15Cl4N/c17-13-5-1-11(2-6-13)9-15(19)21-16(20)10-12-3-7-14(18)8-4-12/h1-8,15-16,21H,9-10H2. The zero-order chi connectivity index (χ0) is 15.2. The molecule has 0 saturated carbocycles. The van der Waals surface area contributed by atoms with E-state index >= 15 is 0 Å². The molecule has 2 atom stereocenters. The van der Waals surface area contributed by atoms with Crippen molar-refractivity contribution in [3.05, 3.63) is 69.7 Å². The summed E-state index contributed by atoms with van der Waals surface area (Å²) in [6, 6.07) is 15.3. The molecule has 2 unspecified atom stereocenters. The second kappa shape index (κ2) is 8.26. The molecule has 0 spiro atoms. The first-order valence-corrected chi connectivity index (χ1v) is 8.19. The van der Waals surface area contributed by atoms with Crippen LogP contribution in [0.3, 0.4) is 0 Å². The minimum absolute atomic E-state index is 0.235. The Kier molecular flexibility index (Phi) is 6.66. The molecule has 2 aromatic rings. The molecule has 0 saturated heterocycles. The van der Waals surface area contributed by atoms with Crippen molar-refractivity contribution in [1.82, 2.24) is 5.32 Å². The largest absolute Gasteiger partial charge is 0.285 e. The predicted molar refractivity (Wildman–Crippen MR) is 92.7 cm³/mol. The maximum Gasteiger partial charge on any atom is 0.0877 e. The van der Waals surface area contributed by atoms with Gasteiger partial charge in [-0.2, -0.15) is 0 Å². The summed E-state index contributed by atoms with van der Waals surface area (Å²) in [6.07, 6.45) is 1.37. The number of alkyl halides is 2. The van der Waals surface area contributed by atoms with Crippen LogP contribution in [0.4, 0.5) is 0 Å². The van der Waals surface area contributed by atoms with Gasteiger partial charge in [-0.1, -0.05) is 47.5 Å². The second-order valence-corrected chi connectivity index (χ2v) is 6.69. The number of hydrogen-bond donors (Lipinski definition) is 1. The van der Waals surface area contributed by atoms with Gasteiger partial charge in [-0.25, -0.2) is 0 Å². The Hall–Kier alpha value is -0.440. The van der Waals surface area contributed by atoms with Crippen LogP contribution in [0.5, 0.6) is 0 Å². The molecule has 0 heterocycles. The number of rotatable bonds is 6. The highest BCUT2D eigenvalue weighted by Gasteiger charge is 2.12. The lowest BCUT2D eigenvalue weighted by molar-refractivity contribution is 0.596. The molecule has 1 nitrogen and oxygen atoms in total. The quantitative estimate of drug-likeness (QED) is 0.528. The molecule has 2 aromatic carbocycles. The predicted octanol–water partition coefficient (Wildman–Crippen LogP) is 5.50. The van der Waals surface area contributed by atoms with Crippen molar-refractivity contribution in [1.29, 1.82) is 0 Å². The summed E-state index contributed by atoms with van der Waals surface area (Å²) < 4.78 is 0. The van der Waals surface area contributed by atoms with Crippen molar-refractivity contribution in [2.75, 3.05) is 0 Å². The van der Waals surface area contributed by atoms with Crippen LogP contribution in [-0.4, -0.2) is 11.0 Å². The van der Waals surface area contributed by atoms with Gasteiger partial charge >= 0.3 is 0 Å². The lowest BCUT2D eigenvalue weighted by Gasteiger charge is -2.17. The summed E-state index contributed by atoms with van der Waals surface area (Å²) >= 11 is 24.3. The van der Waals surface area contributed by atoms with E-state index in [0.717, 1.165) is 21.2 Å². The second-order valence-electron chi connectivity index (χ2n) is 4.76. The number of nitrogens with one attached hydrogen (secondary N) is 1. The topological polar surface area (TPSA) is 12.0 Å². The smallest absolute Gasteiger partial charge is 0.0877 e. The first kappa shape index (κ1) is 16.9. The Labute approximate surface area is 145 Å². The van der Waals surface area contributed by atoms with Crippen LogP contribution in [0.25, 0.3) is 0 Å². The molecule has 2 rings (SSSR count). The summed E-state index contributed by atoms with van der Waals surface area (Å²) in [7, 11) is 0. The molecule has 21 heavy (non-hydrogen) atoms. The molecule has 0 aliphatic heterocycles. The molecule has 0 aliphatic carbocycles. The van der Waals surface area contributed by atoms with Crippen molar-refractivity contribution in [3.8, 4) is 0 Å². The van der Waals surface area contributed by atoms with Crippen molar-refractivity contribution in [2.24, 2.45) is 0 Å². The molecule has 0 aliphatic rings. The van der Waals surface area contributed by atoms with E-state index in [1.165, 1.54) is 0 Å². The summed E-state index contributed by atoms with van der Waals surface area (Å²) in [5.74, 6) is 0. The fourth-order valence-electron chi connectivity index (χ4n) is 1.97. The van der Waals surface area contributed by atoms with Gasteiger partial charge in [0.1, 0.15) is 0 Å². The average Bonchev–Trinajstić information content (AvgIpc) is 2.44. The van der Waals surface area contributed by atoms with E-state index in [9.17, 15) is 0 Å². The third kappa shape index (κ3) is 6.06. The molecule has 1 N–H and O–H groups in total. The third-order valence-corrected chi connectivity index (χ3v) is 4.08. The van der Waals surface area contributed by atoms with E-state index in [-0.39, 0.29) is 11.0 Å². The van der Waals surface area contributed by atoms with Gasteiger partial charge in [-0.3, -0.25) is 5.32 Å². The molecule has 112 valence electrons. The van der Waals surface area contributed by atoms with E-state index in [4.69, 9.17) is 46.4 Å². The van der Waals surface area contributed by atoms with Gasteiger partial charge in [-0.05, 0) is 35.4 Å². The highest BCUT2D eigenvalue weighted by Crippen LogP contribution is 2.15. The molecule has 0 fully saturated rings. The maximum absolute atomic E-state index is 6.29. The van der Waals surface area contributed by atoms with Crippen LogP contribution in [0, 0.1) is 0 Å². The molecule has 5 heteroatoms. The van der Waals surface area contributed by atoms with Gasteiger partial charge < -0.3 is 0 Å². The highest BCUT2D eigenvalue weighted by molar-refractivity contribution is 6.30. The highest BCUT2D eigenvalue weighted by atomic mass is 35.5. The van der Waals surface area contributed by atoms with Gasteiger partial charge in [0.25, 0.3) is 0 Å². The van der Waals surface area contributed by atoms with Crippen molar-refractivity contribution in [2.45, 2.75) is 23.8 Å². The van der Waals surface area contributed by atoms with Gasteiger partial charge in [0.15, 0.2) is 0 Å². The van der Waals surface area contributed by atoms with Crippen LogP contribution in [0.1, 0.15) is 11.1 Å². The first-order valence-electron chi connectivity index (χ1n) is 6.56. The first-order chi connectivity index (χ1) is 10.0. The van der Waals surface area contributed by atoms with Crippen LogP contribution in [-0.2, 0) is 12.8 Å². The van der Waals surface area contributed by atoms with Crippen LogP contribution >= 0.6 is 46.4 Å². The Morgan fingerprint density at radius 1 is 0.667 bits per heavy atom. The molecule has 0 bridgehead atoms. The SMILES string of the molecule is Clc1ccc(CC(Cl)NC(Cl)Cc2ccc(Cl)cc2)cc1. The van der Waals surface area contributed by atoms with E-state index in [2.05, 4.69) is 5.32 Å². The Balaban J connectivity index is 1.82. The average molecular weight is 363 g/mol. The van der Waals surface area contributed by atoms with E-state index < -0.39 is 0 Å². The maximum atomic E-state index is 6.29. The monoisotopic (exact) mass is 361 g/mol. The lowest BCUT2D eigenvalue weighted by atomic mass is 10.1. The van der Waals surface area contributed by atoms with E-state index in [1.54, 1.807) is 0 Å². The molecule has 0 radical (unpaired) electrons. The van der Waals surface area contributed by atoms with E-state index in [1.807, 2.05) is 48.5 Å². The Bertz CT molecular complexity index is 502. The number of benzene rings is 2. The normalized spacial score (nSPS) is 13.9. The molecule has 0 amide bonds. The van der Waals surface area contributed by atoms with Gasteiger partial charge in [0.2, 0.25) is 0 Å². The van der Waals surface area contributed by atoms with Gasteiger partial charge in [0, 0.05) is 22.9 Å². The van der Waals surface area contributed by atoms with Crippen LogP contribution in [0.2, 0.25) is 10.0 Å². The van der Waals surface area contributed by atoms with Crippen molar-refractivity contribution >= 4 is 46.4 Å². The molecular weight excluding hydrogens is 348 g/mol. The zero-order valence-electron chi connectivity index (χ0n) is 11.2. The van der Waals surface area contributed by atoms with Crippen LogP contribution < -0.4 is 5.32 Å². The zero-order valence-corrected chi connectivity index (χ0v) is 14.2. The lowest BCUT2D eigenvalue weighted by Crippen LogP contribution is -2.34. The fourth-order valence-corrected chi connectivity index (χ4v) is 2.95. The summed E-state index contributed by atoms with van der Waals surface area (Å²) in [6.45, 7) is 0. The minimum atomic E-state index is -0.235.